The van der Waals surface area contributed by atoms with Gasteiger partial charge in [0.15, 0.2) is 0 Å². The molecule has 0 aliphatic heterocycles. The van der Waals surface area contributed by atoms with Gasteiger partial charge in [0.2, 0.25) is 0 Å². The first-order chi connectivity index (χ1) is 12.2. The Bertz CT molecular complexity index is 914. The van der Waals surface area contributed by atoms with Crippen molar-refractivity contribution >= 4 is 23.0 Å². The molecule has 1 heterocycles. The van der Waals surface area contributed by atoms with Gasteiger partial charge in [-0.3, -0.25) is 9.78 Å². The number of carbonyl (C=O) groups excluding carboxylic acids is 1. The van der Waals surface area contributed by atoms with Crippen LogP contribution in [0.4, 0.5) is 17.1 Å². The predicted octanol–water partition coefficient (Wildman–Crippen LogP) is 3.97. The van der Waals surface area contributed by atoms with Gasteiger partial charge < -0.3 is 10.2 Å². The second kappa shape index (κ2) is 7.28. The van der Waals surface area contributed by atoms with E-state index in [1.165, 1.54) is 0 Å². The normalized spacial score (nSPS) is 9.92. The van der Waals surface area contributed by atoms with Crippen LogP contribution in [-0.4, -0.2) is 17.9 Å². The molecule has 5 heteroatoms. The van der Waals surface area contributed by atoms with Crippen molar-refractivity contribution in [2.24, 2.45) is 0 Å². The summed E-state index contributed by atoms with van der Waals surface area (Å²) in [4.78, 5) is 18.4. The lowest BCUT2D eigenvalue weighted by Crippen LogP contribution is -2.26. The van der Waals surface area contributed by atoms with Crippen LogP contribution in [0.1, 0.15) is 15.9 Å². The van der Waals surface area contributed by atoms with E-state index in [1.807, 2.05) is 42.5 Å². The minimum Gasteiger partial charge on any atom is -0.354 e. The fourth-order valence-corrected chi connectivity index (χ4v) is 2.38. The van der Waals surface area contributed by atoms with Crippen LogP contribution < -0.4 is 10.2 Å². The Kier molecular flexibility index (Phi) is 4.72. The molecule has 0 radical (unpaired) electrons. The van der Waals surface area contributed by atoms with E-state index >= 15 is 0 Å². The van der Waals surface area contributed by atoms with E-state index in [4.69, 9.17) is 5.26 Å². The van der Waals surface area contributed by atoms with Gasteiger partial charge in [-0.1, -0.05) is 18.2 Å². The Hall–Kier alpha value is -3.65. The van der Waals surface area contributed by atoms with Gasteiger partial charge in [-0.05, 0) is 42.5 Å². The molecule has 0 fully saturated rings. The molecule has 0 atom stereocenters. The number of pyridine rings is 1. The lowest BCUT2D eigenvalue weighted by Gasteiger charge is -2.17. The van der Waals surface area contributed by atoms with Crippen LogP contribution in [0.3, 0.4) is 0 Å². The number of nitriles is 1. The number of aromatic nitrogens is 1. The molecule has 0 saturated carbocycles. The summed E-state index contributed by atoms with van der Waals surface area (Å²) < 4.78 is 0. The smallest absolute Gasteiger partial charge is 0.259 e. The van der Waals surface area contributed by atoms with Crippen LogP contribution in [0, 0.1) is 11.3 Å². The zero-order valence-corrected chi connectivity index (χ0v) is 13.7. The molecule has 0 bridgehead atoms. The third kappa shape index (κ3) is 3.82. The lowest BCUT2D eigenvalue weighted by molar-refractivity contribution is 0.0992. The number of hydrogen-bond acceptors (Lipinski definition) is 4. The molecule has 0 spiro atoms. The van der Waals surface area contributed by atoms with Crippen molar-refractivity contribution in [2.75, 3.05) is 17.3 Å². The summed E-state index contributed by atoms with van der Waals surface area (Å²) in [5.74, 6) is -0.137. The fourth-order valence-electron chi connectivity index (χ4n) is 2.38. The molecular weight excluding hydrogens is 312 g/mol. The maximum absolute atomic E-state index is 12.7. The lowest BCUT2D eigenvalue weighted by atomic mass is 10.2. The molecule has 1 N–H and O–H groups in total. The van der Waals surface area contributed by atoms with Crippen molar-refractivity contribution in [3.05, 3.63) is 84.2 Å². The molecule has 0 saturated heterocycles. The Morgan fingerprint density at radius 3 is 2.44 bits per heavy atom. The number of nitrogens with zero attached hydrogens (tertiary/aromatic N) is 3. The van der Waals surface area contributed by atoms with Crippen LogP contribution in [0.15, 0.2) is 73.1 Å². The highest BCUT2D eigenvalue weighted by Crippen LogP contribution is 2.19. The molecule has 25 heavy (non-hydrogen) atoms. The number of nitrogens with one attached hydrogen (secondary N) is 1. The molecule has 2 aromatic carbocycles. The molecule has 1 amide bonds. The summed E-state index contributed by atoms with van der Waals surface area (Å²) in [5.41, 5.74) is 3.43. The van der Waals surface area contributed by atoms with E-state index in [2.05, 4.69) is 16.4 Å². The van der Waals surface area contributed by atoms with Crippen LogP contribution in [0.25, 0.3) is 0 Å². The van der Waals surface area contributed by atoms with E-state index in [0.717, 1.165) is 11.4 Å². The molecule has 5 nitrogen and oxygen atoms in total. The Morgan fingerprint density at radius 1 is 1.04 bits per heavy atom. The van der Waals surface area contributed by atoms with Crippen molar-refractivity contribution in [3.63, 3.8) is 0 Å². The van der Waals surface area contributed by atoms with Crippen LogP contribution in [0.2, 0.25) is 0 Å². The average Bonchev–Trinajstić information content (AvgIpc) is 2.68. The average molecular weight is 328 g/mol. The van der Waals surface area contributed by atoms with Gasteiger partial charge in [-0.15, -0.1) is 0 Å². The van der Waals surface area contributed by atoms with Gasteiger partial charge in [0.1, 0.15) is 0 Å². The molecular formula is C20H16N4O. The van der Waals surface area contributed by atoms with E-state index in [1.54, 1.807) is 42.5 Å². The van der Waals surface area contributed by atoms with Crippen molar-refractivity contribution in [3.8, 4) is 6.07 Å². The quantitative estimate of drug-likeness (QED) is 0.786. The maximum Gasteiger partial charge on any atom is 0.259 e. The highest BCUT2D eigenvalue weighted by atomic mass is 16.2. The molecule has 0 aliphatic rings. The van der Waals surface area contributed by atoms with Gasteiger partial charge in [-0.25, -0.2) is 0 Å². The Labute approximate surface area is 146 Å². The SMILES string of the molecule is CN(C(=O)c1cncc(Nc2ccc(C#N)cc2)c1)c1ccccc1. The van der Waals surface area contributed by atoms with Gasteiger partial charge in [0, 0.05) is 24.6 Å². The van der Waals surface area contributed by atoms with E-state index < -0.39 is 0 Å². The van der Waals surface area contributed by atoms with Gasteiger partial charge in [0.05, 0.1) is 29.1 Å². The predicted molar refractivity (Wildman–Crippen MR) is 97.9 cm³/mol. The summed E-state index contributed by atoms with van der Waals surface area (Å²) in [5, 5.41) is 12.0. The summed E-state index contributed by atoms with van der Waals surface area (Å²) >= 11 is 0. The molecule has 1 aromatic heterocycles. The largest absolute Gasteiger partial charge is 0.354 e. The van der Waals surface area contributed by atoms with Crippen molar-refractivity contribution in [1.82, 2.24) is 4.98 Å². The molecule has 0 aliphatic carbocycles. The minimum atomic E-state index is -0.137. The minimum absolute atomic E-state index is 0.137. The third-order valence-electron chi connectivity index (χ3n) is 3.74. The molecule has 122 valence electrons. The zero-order valence-electron chi connectivity index (χ0n) is 13.7. The monoisotopic (exact) mass is 328 g/mol. The van der Waals surface area contributed by atoms with Crippen LogP contribution >= 0.6 is 0 Å². The standard InChI is InChI=1S/C20H16N4O/c1-24(19-5-3-2-4-6-19)20(25)16-11-18(14-22-13-16)23-17-9-7-15(12-21)8-10-17/h2-11,13-14,23H,1H3. The summed E-state index contributed by atoms with van der Waals surface area (Å²) in [6.45, 7) is 0. The van der Waals surface area contributed by atoms with E-state index in [9.17, 15) is 4.79 Å². The van der Waals surface area contributed by atoms with Gasteiger partial charge >= 0.3 is 0 Å². The van der Waals surface area contributed by atoms with E-state index in [-0.39, 0.29) is 5.91 Å². The van der Waals surface area contributed by atoms with E-state index in [0.29, 0.717) is 16.8 Å². The zero-order chi connectivity index (χ0) is 17.6. The number of para-hydroxylation sites is 1. The second-order valence-corrected chi connectivity index (χ2v) is 5.48. The van der Waals surface area contributed by atoms with Crippen molar-refractivity contribution < 1.29 is 4.79 Å². The highest BCUT2D eigenvalue weighted by Gasteiger charge is 2.14. The number of anilines is 3. The fraction of sp³-hybridized carbons (Fsp3) is 0.0500. The number of carbonyl (C=O) groups is 1. The first kappa shape index (κ1) is 16.2. The Balaban J connectivity index is 1.78. The van der Waals surface area contributed by atoms with Crippen LogP contribution in [0.5, 0.6) is 0 Å². The summed E-state index contributed by atoms with van der Waals surface area (Å²) in [6, 6.07) is 20.4. The van der Waals surface area contributed by atoms with Crippen LogP contribution in [-0.2, 0) is 0 Å². The molecule has 3 rings (SSSR count). The summed E-state index contributed by atoms with van der Waals surface area (Å²) in [6.07, 6.45) is 3.20. The topological polar surface area (TPSA) is 69.0 Å². The summed E-state index contributed by atoms with van der Waals surface area (Å²) in [7, 11) is 1.73. The van der Waals surface area contributed by atoms with Gasteiger partial charge in [0.25, 0.3) is 5.91 Å². The van der Waals surface area contributed by atoms with Crippen molar-refractivity contribution in [1.29, 1.82) is 5.26 Å². The highest BCUT2D eigenvalue weighted by molar-refractivity contribution is 6.06. The number of benzene rings is 2. The number of hydrogen-bond donors (Lipinski definition) is 1. The molecule has 3 aromatic rings. The number of amides is 1. The number of rotatable bonds is 4. The van der Waals surface area contributed by atoms with Gasteiger partial charge in [-0.2, -0.15) is 5.26 Å². The second-order valence-electron chi connectivity index (χ2n) is 5.48. The Morgan fingerprint density at radius 2 is 1.76 bits per heavy atom. The van der Waals surface area contributed by atoms with Crippen molar-refractivity contribution in [2.45, 2.75) is 0 Å². The maximum atomic E-state index is 12.7. The first-order valence-corrected chi connectivity index (χ1v) is 7.73. The first-order valence-electron chi connectivity index (χ1n) is 7.73. The third-order valence-corrected chi connectivity index (χ3v) is 3.74. The molecule has 0 unspecified atom stereocenters.